The first kappa shape index (κ1) is 30.4. The Labute approximate surface area is 230 Å². The van der Waals surface area contributed by atoms with Crippen molar-refractivity contribution in [2.45, 2.75) is 44.8 Å². The van der Waals surface area contributed by atoms with Crippen LogP contribution >= 0.6 is 24.8 Å². The number of likely N-dealkylation sites (tertiary alicyclic amines) is 1. The molecule has 2 heterocycles. The molecular weight excluding hydrogens is 515 g/mol. The van der Waals surface area contributed by atoms with Crippen LogP contribution in [0.4, 0.5) is 0 Å². The minimum atomic E-state index is -0.368. The summed E-state index contributed by atoms with van der Waals surface area (Å²) < 4.78 is 11.5. The van der Waals surface area contributed by atoms with Crippen LogP contribution in [0.3, 0.4) is 0 Å². The summed E-state index contributed by atoms with van der Waals surface area (Å²) in [5.41, 5.74) is 8.25. The van der Waals surface area contributed by atoms with Crippen molar-refractivity contribution in [1.82, 2.24) is 10.2 Å². The molecule has 0 aromatic heterocycles. The maximum Gasteiger partial charge on any atom is 0.306 e. The number of nitrogen functional groups attached to an aromatic ring is 1. The van der Waals surface area contributed by atoms with Gasteiger partial charge in [-0.05, 0) is 49.1 Å². The van der Waals surface area contributed by atoms with Gasteiger partial charge in [0.25, 0.3) is 0 Å². The van der Waals surface area contributed by atoms with Crippen molar-refractivity contribution in [3.63, 3.8) is 0 Å². The van der Waals surface area contributed by atoms with Gasteiger partial charge in [0, 0.05) is 18.7 Å². The molecule has 37 heavy (non-hydrogen) atoms. The molecule has 2 saturated heterocycles. The van der Waals surface area contributed by atoms with Gasteiger partial charge in [-0.15, -0.1) is 24.8 Å². The highest BCUT2D eigenvalue weighted by Gasteiger charge is 2.35. The van der Waals surface area contributed by atoms with Gasteiger partial charge in [0.1, 0.15) is 24.3 Å². The molecule has 2 aliphatic rings. The highest BCUT2D eigenvalue weighted by molar-refractivity contribution is 5.95. The monoisotopic (exact) mass is 550 g/mol. The van der Waals surface area contributed by atoms with Crippen LogP contribution in [0, 0.1) is 11.3 Å². The van der Waals surface area contributed by atoms with Gasteiger partial charge < -0.3 is 25.4 Å². The minimum Gasteiger partial charge on any atom is -0.491 e. The van der Waals surface area contributed by atoms with Gasteiger partial charge in [0.2, 0.25) is 5.91 Å². The molecule has 202 valence electrons. The van der Waals surface area contributed by atoms with E-state index in [1.807, 2.05) is 48.5 Å². The summed E-state index contributed by atoms with van der Waals surface area (Å²) in [6, 6.07) is 15.1. The van der Waals surface area contributed by atoms with Crippen LogP contribution in [-0.4, -0.2) is 61.0 Å². The lowest BCUT2D eigenvalue weighted by Crippen LogP contribution is -2.37. The number of nitrogens with zero attached hydrogens (tertiary/aromatic N) is 1. The number of nitrogens with two attached hydrogens (primary N) is 1. The van der Waals surface area contributed by atoms with E-state index in [4.69, 9.17) is 20.6 Å². The molecule has 0 spiro atoms. The number of hydrogen-bond acceptors (Lipinski definition) is 6. The number of nitrogens with one attached hydrogen (secondary N) is 2. The highest BCUT2D eigenvalue weighted by atomic mass is 35.5. The molecule has 1 amide bonds. The van der Waals surface area contributed by atoms with Gasteiger partial charge >= 0.3 is 5.97 Å². The lowest BCUT2D eigenvalue weighted by molar-refractivity contribution is -0.153. The lowest BCUT2D eigenvalue weighted by Gasteiger charge is -2.30. The summed E-state index contributed by atoms with van der Waals surface area (Å²) in [5, 5.41) is 10.4. The normalized spacial score (nSPS) is 19.8. The summed E-state index contributed by atoms with van der Waals surface area (Å²) in [4.78, 5) is 27.1. The van der Waals surface area contributed by atoms with Crippen molar-refractivity contribution >= 4 is 42.5 Å². The van der Waals surface area contributed by atoms with Crippen LogP contribution in [0.15, 0.2) is 48.5 Å². The Morgan fingerprint density at radius 3 is 2.22 bits per heavy atom. The summed E-state index contributed by atoms with van der Waals surface area (Å²) >= 11 is 0. The molecule has 4 rings (SSSR count). The maximum atomic E-state index is 12.4. The molecule has 8 nitrogen and oxygen atoms in total. The zero-order chi connectivity index (χ0) is 24.8. The number of carbonyl (C=O) groups is 2. The van der Waals surface area contributed by atoms with Crippen LogP contribution < -0.4 is 15.8 Å². The molecule has 2 atom stereocenters. The molecule has 0 radical (unpaired) electrons. The molecule has 0 unspecified atom stereocenters. The Morgan fingerprint density at radius 2 is 1.65 bits per heavy atom. The summed E-state index contributed by atoms with van der Waals surface area (Å²) in [7, 11) is 0. The maximum absolute atomic E-state index is 12.4. The van der Waals surface area contributed by atoms with Gasteiger partial charge in [-0.25, -0.2) is 0 Å². The van der Waals surface area contributed by atoms with E-state index >= 15 is 0 Å². The van der Waals surface area contributed by atoms with E-state index in [0.717, 1.165) is 43.6 Å². The third kappa shape index (κ3) is 8.35. The highest BCUT2D eigenvalue weighted by Crippen LogP contribution is 2.25. The number of hydrogen-bond donors (Lipinski definition) is 3. The molecule has 10 heteroatoms. The molecule has 0 aliphatic carbocycles. The van der Waals surface area contributed by atoms with E-state index < -0.39 is 0 Å². The van der Waals surface area contributed by atoms with Gasteiger partial charge in [-0.3, -0.25) is 15.0 Å². The van der Waals surface area contributed by atoms with Crippen molar-refractivity contribution in [1.29, 1.82) is 5.41 Å². The third-order valence-corrected chi connectivity index (χ3v) is 6.81. The molecule has 2 aliphatic heterocycles. The quantitative estimate of drug-likeness (QED) is 0.248. The Bertz CT molecular complexity index is 1040. The summed E-state index contributed by atoms with van der Waals surface area (Å²) in [5.74, 6) is -0.00256. The molecule has 4 N–H and O–H groups in total. The fraction of sp³-hybridized carbons (Fsp3) is 0.444. The smallest absolute Gasteiger partial charge is 0.306 e. The number of ether oxygens (including phenoxy) is 2. The summed E-state index contributed by atoms with van der Waals surface area (Å²) in [6.45, 7) is 5.40. The Morgan fingerprint density at radius 1 is 1.05 bits per heavy atom. The van der Waals surface area contributed by atoms with Crippen LogP contribution in [0.5, 0.6) is 5.75 Å². The molecule has 2 aromatic carbocycles. The van der Waals surface area contributed by atoms with E-state index in [-0.39, 0.29) is 67.0 Å². The zero-order valence-corrected chi connectivity index (χ0v) is 22.6. The first-order chi connectivity index (χ1) is 16.9. The van der Waals surface area contributed by atoms with E-state index in [1.54, 1.807) is 0 Å². The molecule has 2 aromatic rings. The number of carbonyl (C=O) groups excluding carboxylic acids is 2. The number of amides is 1. The van der Waals surface area contributed by atoms with Crippen molar-refractivity contribution < 1.29 is 19.1 Å². The number of amidine groups is 1. The minimum absolute atomic E-state index is 0. The van der Waals surface area contributed by atoms with Crippen molar-refractivity contribution in [3.05, 3.63) is 54.1 Å². The van der Waals surface area contributed by atoms with E-state index in [9.17, 15) is 9.59 Å². The molecule has 0 bridgehead atoms. The second-order valence-corrected chi connectivity index (χ2v) is 9.29. The molecule has 2 fully saturated rings. The van der Waals surface area contributed by atoms with Gasteiger partial charge in [0.15, 0.2) is 0 Å². The fourth-order valence-corrected chi connectivity index (χ4v) is 4.68. The fourth-order valence-electron chi connectivity index (χ4n) is 4.68. The second kappa shape index (κ2) is 14.2. The Kier molecular flexibility index (Phi) is 11.7. The average molecular weight is 552 g/mol. The van der Waals surface area contributed by atoms with Crippen LogP contribution in [0.1, 0.15) is 38.2 Å². The lowest BCUT2D eigenvalue weighted by atomic mass is 10.0. The third-order valence-electron chi connectivity index (χ3n) is 6.81. The topological polar surface area (TPSA) is 118 Å². The van der Waals surface area contributed by atoms with Crippen molar-refractivity contribution in [2.24, 2.45) is 11.7 Å². The van der Waals surface area contributed by atoms with Crippen LogP contribution in [-0.2, 0) is 14.3 Å². The Hall–Kier alpha value is -2.81. The first-order valence-corrected chi connectivity index (χ1v) is 12.3. The molecule has 0 saturated carbocycles. The van der Waals surface area contributed by atoms with E-state index in [2.05, 4.69) is 17.1 Å². The number of esters is 1. The second-order valence-electron chi connectivity index (χ2n) is 9.29. The van der Waals surface area contributed by atoms with E-state index in [0.29, 0.717) is 24.3 Å². The number of piperidine rings is 1. The average Bonchev–Trinajstić information content (AvgIpc) is 3.22. The SMILES string of the molecule is CCN1CCC(OC(=O)C[C@@H]2C[C@@H](COc3ccc(-c4ccc(C(=N)N)cc4)cc3)NC2=O)CC1.Cl.Cl. The Balaban J connectivity index is 0.00000241. The predicted molar refractivity (Wildman–Crippen MR) is 149 cm³/mol. The van der Waals surface area contributed by atoms with Gasteiger partial charge in [-0.1, -0.05) is 43.3 Å². The number of benzene rings is 2. The van der Waals surface area contributed by atoms with Crippen molar-refractivity contribution in [2.75, 3.05) is 26.2 Å². The van der Waals surface area contributed by atoms with Crippen LogP contribution in [0.25, 0.3) is 11.1 Å². The standard InChI is InChI=1S/C27H34N4O4.2ClH/c1-2-31-13-11-24(12-14-31)35-25(32)16-21-15-22(30-27(21)33)17-34-23-9-7-19(8-10-23)18-3-5-20(6-4-18)26(28)29;;/h3-10,21-22,24H,2,11-17H2,1H3,(H3,28,29)(H,30,33);2*1H/t21-,22-;;/m0../s1. The number of halogens is 2. The van der Waals surface area contributed by atoms with Crippen LogP contribution in [0.2, 0.25) is 0 Å². The largest absolute Gasteiger partial charge is 0.491 e. The summed E-state index contributed by atoms with van der Waals surface area (Å²) in [6.07, 6.45) is 2.35. The van der Waals surface area contributed by atoms with Crippen molar-refractivity contribution in [3.8, 4) is 16.9 Å². The first-order valence-electron chi connectivity index (χ1n) is 12.3. The predicted octanol–water partition coefficient (Wildman–Crippen LogP) is 3.78. The molecular formula is C27H36Cl2N4O4. The number of rotatable bonds is 9. The van der Waals surface area contributed by atoms with Gasteiger partial charge in [-0.2, -0.15) is 0 Å². The van der Waals surface area contributed by atoms with Gasteiger partial charge in [0.05, 0.1) is 18.4 Å². The zero-order valence-electron chi connectivity index (χ0n) is 21.0. The van der Waals surface area contributed by atoms with E-state index in [1.165, 1.54) is 0 Å².